The number of likely N-dealkylation sites (tertiary alicyclic amines) is 1. The van der Waals surface area contributed by atoms with Gasteiger partial charge in [0.2, 0.25) is 0 Å². The predicted octanol–water partition coefficient (Wildman–Crippen LogP) is -0.187. The largest absolute Gasteiger partial charge is 0.405 e. The Morgan fingerprint density at radius 1 is 1.54 bits per heavy atom. The Hall–Kier alpha value is -0.330. The van der Waals surface area contributed by atoms with Gasteiger partial charge in [0.1, 0.15) is 6.04 Å². The second-order valence-electron chi connectivity index (χ2n) is 3.26. The van der Waals surface area contributed by atoms with Crippen LogP contribution >= 0.6 is 0 Å². The molecule has 0 radical (unpaired) electrons. The lowest BCUT2D eigenvalue weighted by Crippen LogP contribution is -2.57. The van der Waals surface area contributed by atoms with Gasteiger partial charge < -0.3 is 10.4 Å². The number of aliphatic hydroxyl groups excluding tert-OH is 1. The van der Waals surface area contributed by atoms with E-state index in [9.17, 15) is 13.2 Å². The van der Waals surface area contributed by atoms with E-state index in [2.05, 4.69) is 5.32 Å². The molecule has 1 heterocycles. The highest BCUT2D eigenvalue weighted by Gasteiger charge is 2.41. The fraction of sp³-hybridized carbons (Fsp3) is 1.00. The molecule has 6 heteroatoms. The van der Waals surface area contributed by atoms with E-state index in [1.165, 1.54) is 7.05 Å². The number of rotatable bonds is 3. The third-order valence-corrected chi connectivity index (χ3v) is 2.12. The van der Waals surface area contributed by atoms with Crippen molar-refractivity contribution in [1.82, 2.24) is 10.2 Å². The summed E-state index contributed by atoms with van der Waals surface area (Å²) in [6.07, 6.45) is -4.67. The number of alkyl halides is 3. The molecule has 1 fully saturated rings. The fourth-order valence-electron chi connectivity index (χ4n) is 1.31. The standard InChI is InChI=1S/C7H13F3N2O/c1-11-6(7(8,9)10)4-12-2-5(13)3-12/h5-6,11,13H,2-4H2,1H3. The lowest BCUT2D eigenvalue weighted by Gasteiger charge is -2.38. The molecule has 13 heavy (non-hydrogen) atoms. The smallest absolute Gasteiger partial charge is 0.390 e. The number of aliphatic hydroxyl groups is 1. The minimum atomic E-state index is -4.21. The van der Waals surface area contributed by atoms with Gasteiger partial charge in [-0.25, -0.2) is 0 Å². The van der Waals surface area contributed by atoms with Crippen molar-refractivity contribution in [2.24, 2.45) is 0 Å². The van der Waals surface area contributed by atoms with Gasteiger partial charge in [-0.1, -0.05) is 0 Å². The molecular formula is C7H13F3N2O. The van der Waals surface area contributed by atoms with Crippen LogP contribution in [0.25, 0.3) is 0 Å². The van der Waals surface area contributed by atoms with E-state index in [-0.39, 0.29) is 6.54 Å². The highest BCUT2D eigenvalue weighted by atomic mass is 19.4. The maximum Gasteiger partial charge on any atom is 0.405 e. The molecule has 3 nitrogen and oxygen atoms in total. The van der Waals surface area contributed by atoms with Gasteiger partial charge in [0.25, 0.3) is 0 Å². The van der Waals surface area contributed by atoms with Crippen molar-refractivity contribution >= 4 is 0 Å². The Morgan fingerprint density at radius 3 is 2.38 bits per heavy atom. The van der Waals surface area contributed by atoms with E-state index in [4.69, 9.17) is 5.11 Å². The lowest BCUT2D eigenvalue weighted by atomic mass is 10.1. The zero-order chi connectivity index (χ0) is 10.1. The second kappa shape index (κ2) is 3.81. The molecule has 78 valence electrons. The van der Waals surface area contributed by atoms with Crippen molar-refractivity contribution < 1.29 is 18.3 Å². The van der Waals surface area contributed by atoms with Gasteiger partial charge in [-0.15, -0.1) is 0 Å². The van der Waals surface area contributed by atoms with Crippen LogP contribution in [0.1, 0.15) is 0 Å². The van der Waals surface area contributed by atoms with Crippen LogP contribution < -0.4 is 5.32 Å². The molecule has 1 rings (SSSR count). The first-order chi connectivity index (χ1) is 5.93. The van der Waals surface area contributed by atoms with E-state index in [1.54, 1.807) is 4.90 Å². The molecule has 1 atom stereocenters. The SMILES string of the molecule is CNC(CN1CC(O)C1)C(F)(F)F. The summed E-state index contributed by atoms with van der Waals surface area (Å²) in [7, 11) is 1.29. The Balaban J connectivity index is 2.33. The van der Waals surface area contributed by atoms with Crippen molar-refractivity contribution in [1.29, 1.82) is 0 Å². The number of hydrogen-bond acceptors (Lipinski definition) is 3. The summed E-state index contributed by atoms with van der Waals surface area (Å²) in [5.74, 6) is 0. The number of hydrogen-bond donors (Lipinski definition) is 2. The molecule has 1 unspecified atom stereocenters. The van der Waals surface area contributed by atoms with Crippen LogP contribution in [0.5, 0.6) is 0 Å². The Bertz CT molecular complexity index is 168. The van der Waals surface area contributed by atoms with E-state index in [1.807, 2.05) is 0 Å². The fourth-order valence-corrected chi connectivity index (χ4v) is 1.31. The zero-order valence-electron chi connectivity index (χ0n) is 7.30. The highest BCUT2D eigenvalue weighted by Crippen LogP contribution is 2.22. The molecule has 1 saturated heterocycles. The van der Waals surface area contributed by atoms with E-state index in [0.717, 1.165) is 0 Å². The molecule has 0 spiro atoms. The minimum absolute atomic E-state index is 0.0862. The first kappa shape index (κ1) is 10.7. The van der Waals surface area contributed by atoms with E-state index in [0.29, 0.717) is 13.1 Å². The highest BCUT2D eigenvalue weighted by molar-refractivity contribution is 4.85. The van der Waals surface area contributed by atoms with Gasteiger partial charge in [-0.2, -0.15) is 13.2 Å². The number of likely N-dealkylation sites (N-methyl/N-ethyl adjacent to an activating group) is 1. The molecule has 1 aliphatic heterocycles. The summed E-state index contributed by atoms with van der Waals surface area (Å²) >= 11 is 0. The van der Waals surface area contributed by atoms with Crippen LogP contribution in [0.2, 0.25) is 0 Å². The quantitative estimate of drug-likeness (QED) is 0.660. The molecule has 0 bridgehead atoms. The van der Waals surface area contributed by atoms with E-state index >= 15 is 0 Å². The molecule has 2 N–H and O–H groups in total. The lowest BCUT2D eigenvalue weighted by molar-refractivity contribution is -0.164. The average molecular weight is 198 g/mol. The van der Waals surface area contributed by atoms with Crippen LogP contribution in [-0.2, 0) is 0 Å². The summed E-state index contributed by atoms with van der Waals surface area (Å²) in [5, 5.41) is 11.1. The Morgan fingerprint density at radius 2 is 2.08 bits per heavy atom. The third kappa shape index (κ3) is 2.82. The van der Waals surface area contributed by atoms with Crippen molar-refractivity contribution in [3.05, 3.63) is 0 Å². The zero-order valence-corrected chi connectivity index (χ0v) is 7.30. The third-order valence-electron chi connectivity index (χ3n) is 2.12. The number of nitrogens with zero attached hydrogens (tertiary/aromatic N) is 1. The summed E-state index contributed by atoms with van der Waals surface area (Å²) in [6.45, 7) is 0.597. The maximum absolute atomic E-state index is 12.2. The first-order valence-corrected chi connectivity index (χ1v) is 4.08. The van der Waals surface area contributed by atoms with Crippen LogP contribution in [-0.4, -0.2) is 55.0 Å². The molecule has 0 aromatic carbocycles. The number of β-amino-alcohol motifs (C(OH)–C–C–N with tert-alkyl or cyclic N) is 1. The van der Waals surface area contributed by atoms with Crippen molar-refractivity contribution in [3.63, 3.8) is 0 Å². The number of nitrogens with one attached hydrogen (secondary N) is 1. The molecular weight excluding hydrogens is 185 g/mol. The van der Waals surface area contributed by atoms with Crippen LogP contribution in [0.4, 0.5) is 13.2 Å². The minimum Gasteiger partial charge on any atom is -0.390 e. The Labute approximate surface area is 74.5 Å². The molecule has 0 aliphatic carbocycles. The first-order valence-electron chi connectivity index (χ1n) is 4.08. The topological polar surface area (TPSA) is 35.5 Å². The van der Waals surface area contributed by atoms with Gasteiger partial charge >= 0.3 is 6.18 Å². The van der Waals surface area contributed by atoms with Crippen LogP contribution in [0.15, 0.2) is 0 Å². The Kier molecular flexibility index (Phi) is 3.15. The van der Waals surface area contributed by atoms with E-state index < -0.39 is 18.3 Å². The van der Waals surface area contributed by atoms with Crippen LogP contribution in [0.3, 0.4) is 0 Å². The predicted molar refractivity (Wildman–Crippen MR) is 41.3 cm³/mol. The molecule has 0 aromatic heterocycles. The van der Waals surface area contributed by atoms with Gasteiger partial charge in [0, 0.05) is 19.6 Å². The molecule has 0 saturated carbocycles. The normalized spacial score (nSPS) is 22.8. The summed E-state index contributed by atoms with van der Waals surface area (Å²) in [4.78, 5) is 1.57. The maximum atomic E-state index is 12.2. The van der Waals surface area contributed by atoms with Crippen LogP contribution in [0, 0.1) is 0 Å². The van der Waals surface area contributed by atoms with Crippen molar-refractivity contribution in [2.75, 3.05) is 26.7 Å². The van der Waals surface area contributed by atoms with Gasteiger partial charge in [0.05, 0.1) is 6.10 Å². The van der Waals surface area contributed by atoms with Gasteiger partial charge in [-0.3, -0.25) is 4.90 Å². The van der Waals surface area contributed by atoms with Gasteiger partial charge in [-0.05, 0) is 7.05 Å². The molecule has 0 amide bonds. The number of halogens is 3. The monoisotopic (exact) mass is 198 g/mol. The summed E-state index contributed by atoms with van der Waals surface area (Å²) < 4.78 is 36.6. The molecule has 0 aromatic rings. The summed E-state index contributed by atoms with van der Waals surface area (Å²) in [6, 6.07) is -1.50. The van der Waals surface area contributed by atoms with Gasteiger partial charge in [0.15, 0.2) is 0 Å². The van der Waals surface area contributed by atoms with Crippen molar-refractivity contribution in [3.8, 4) is 0 Å². The van der Waals surface area contributed by atoms with Crippen molar-refractivity contribution in [2.45, 2.75) is 18.3 Å². The molecule has 1 aliphatic rings. The second-order valence-corrected chi connectivity index (χ2v) is 3.26. The summed E-state index contributed by atoms with van der Waals surface area (Å²) in [5.41, 5.74) is 0. The average Bonchev–Trinajstić information content (AvgIpc) is 1.93.